The van der Waals surface area contributed by atoms with E-state index in [-0.39, 0.29) is 17.7 Å². The Balaban J connectivity index is 1.72. The van der Waals surface area contributed by atoms with Gasteiger partial charge in [-0.15, -0.1) is 0 Å². The fourth-order valence-corrected chi connectivity index (χ4v) is 4.88. The van der Waals surface area contributed by atoms with Gasteiger partial charge in [-0.2, -0.15) is 13.2 Å². The first-order valence-electron chi connectivity index (χ1n) is 10.0. The molecule has 162 valence electrons. The maximum absolute atomic E-state index is 13.4. The topological polar surface area (TPSA) is 71.2 Å². The van der Waals surface area contributed by atoms with Crippen LogP contribution >= 0.6 is 0 Å². The van der Waals surface area contributed by atoms with Crippen LogP contribution in [0.1, 0.15) is 46.8 Å². The molecule has 1 amide bonds. The normalized spacial score (nSPS) is 22.7. The van der Waals surface area contributed by atoms with E-state index in [1.807, 2.05) is 6.07 Å². The Kier molecular flexibility index (Phi) is 4.91. The molecule has 2 aliphatic rings. The van der Waals surface area contributed by atoms with Gasteiger partial charge in [0.05, 0.1) is 23.9 Å². The van der Waals surface area contributed by atoms with Gasteiger partial charge in [0.1, 0.15) is 5.84 Å². The van der Waals surface area contributed by atoms with Crippen molar-refractivity contribution in [3.8, 4) is 0 Å². The summed E-state index contributed by atoms with van der Waals surface area (Å²) in [6.07, 6.45) is -1.96. The van der Waals surface area contributed by atoms with Gasteiger partial charge in [-0.3, -0.25) is 15.6 Å². The van der Waals surface area contributed by atoms with Crippen molar-refractivity contribution in [3.05, 3.63) is 64.7 Å². The molecule has 0 atom stereocenters. The third-order valence-corrected chi connectivity index (χ3v) is 6.38. The van der Waals surface area contributed by atoms with E-state index in [4.69, 9.17) is 10.8 Å². The van der Waals surface area contributed by atoms with E-state index in [1.54, 1.807) is 25.2 Å². The molecule has 5 nitrogen and oxygen atoms in total. The largest absolute Gasteiger partial charge is 0.416 e. The van der Waals surface area contributed by atoms with Crippen LogP contribution in [0.4, 0.5) is 18.9 Å². The van der Waals surface area contributed by atoms with Crippen LogP contribution in [0.5, 0.6) is 0 Å². The number of fused-ring (bicyclic) bond motifs is 1. The van der Waals surface area contributed by atoms with Crippen molar-refractivity contribution in [1.82, 2.24) is 4.90 Å². The van der Waals surface area contributed by atoms with E-state index in [9.17, 15) is 18.0 Å². The summed E-state index contributed by atoms with van der Waals surface area (Å²) in [4.78, 5) is 15.8. The highest BCUT2D eigenvalue weighted by Crippen LogP contribution is 2.49. The van der Waals surface area contributed by atoms with Gasteiger partial charge in [-0.05, 0) is 54.2 Å². The zero-order chi connectivity index (χ0) is 22.6. The summed E-state index contributed by atoms with van der Waals surface area (Å²) in [5.74, 6) is 0.254. The average Bonchev–Trinajstić information content (AvgIpc) is 3.06. The maximum Gasteiger partial charge on any atom is 0.416 e. The Morgan fingerprint density at radius 2 is 1.90 bits per heavy atom. The smallest absolute Gasteiger partial charge is 0.324 e. The van der Waals surface area contributed by atoms with Gasteiger partial charge in [0.15, 0.2) is 0 Å². The molecule has 0 spiro atoms. The summed E-state index contributed by atoms with van der Waals surface area (Å²) in [6, 6.07) is 10.9. The van der Waals surface area contributed by atoms with Crippen LogP contribution in [-0.4, -0.2) is 30.0 Å². The summed E-state index contributed by atoms with van der Waals surface area (Å²) >= 11 is 0. The van der Waals surface area contributed by atoms with Crippen LogP contribution in [-0.2, 0) is 18.1 Å². The number of amidine groups is 1. The molecule has 8 heteroatoms. The number of rotatable bonds is 4. The van der Waals surface area contributed by atoms with E-state index in [0.717, 1.165) is 30.8 Å². The van der Waals surface area contributed by atoms with Crippen molar-refractivity contribution in [2.24, 2.45) is 5.92 Å². The first-order chi connectivity index (χ1) is 14.6. The second-order valence-corrected chi connectivity index (χ2v) is 8.46. The van der Waals surface area contributed by atoms with Crippen LogP contribution in [0.25, 0.3) is 0 Å². The Labute approximate surface area is 178 Å². The highest BCUT2D eigenvalue weighted by molar-refractivity contribution is 6.10. The maximum atomic E-state index is 13.4. The zero-order valence-electron chi connectivity index (χ0n) is 17.3. The monoisotopic (exact) mass is 428 g/mol. The molecule has 2 aromatic carbocycles. The Bertz CT molecular complexity index is 1070. The molecule has 1 aliphatic carbocycles. The second-order valence-electron chi connectivity index (χ2n) is 8.46. The van der Waals surface area contributed by atoms with Gasteiger partial charge in [0.2, 0.25) is 0 Å². The molecule has 2 N–H and O–H groups in total. The van der Waals surface area contributed by atoms with E-state index in [1.165, 1.54) is 21.9 Å². The Morgan fingerprint density at radius 3 is 2.52 bits per heavy atom. The number of benzene rings is 2. The number of alkyl halides is 3. The van der Waals surface area contributed by atoms with E-state index < -0.39 is 23.1 Å². The minimum Gasteiger partial charge on any atom is -0.324 e. The molecular formula is C23H23F3N4O. The third-order valence-electron chi connectivity index (χ3n) is 6.38. The number of nitrogens with zero attached hydrogens (tertiary/aromatic N) is 2. The summed E-state index contributed by atoms with van der Waals surface area (Å²) in [5.41, 5.74) is 0.0552. The molecule has 0 aromatic heterocycles. The summed E-state index contributed by atoms with van der Waals surface area (Å²) in [6.45, 7) is 1.95. The lowest BCUT2D eigenvalue weighted by Gasteiger charge is -2.48. The van der Waals surface area contributed by atoms with Gasteiger partial charge in [0, 0.05) is 18.3 Å². The lowest BCUT2D eigenvalue weighted by molar-refractivity contribution is -0.138. The first-order valence-corrected chi connectivity index (χ1v) is 10.0. The van der Waals surface area contributed by atoms with Crippen LogP contribution in [0, 0.1) is 16.7 Å². The summed E-state index contributed by atoms with van der Waals surface area (Å²) in [7, 11) is 1.66. The van der Waals surface area contributed by atoms with Gasteiger partial charge in [-0.25, -0.2) is 0 Å². The standard InChI is InChI=1S/C23H23F3N4O/c1-14-10-22(11-14,21(28)29(2)13-27)15-5-3-6-16(9-15)30-12-18-17(20(30)31)7-4-8-19(18)23(24,25)26/h3-9,13-14,27-28H,10-12H2,1-2H3. The zero-order valence-corrected chi connectivity index (χ0v) is 17.3. The fraction of sp³-hybridized carbons (Fsp3) is 0.348. The van der Waals surface area contributed by atoms with Crippen LogP contribution in [0.2, 0.25) is 0 Å². The number of hydrogen-bond acceptors (Lipinski definition) is 3. The molecule has 2 aromatic rings. The second kappa shape index (κ2) is 7.21. The number of amides is 1. The van der Waals surface area contributed by atoms with Crippen molar-refractivity contribution in [2.75, 3.05) is 11.9 Å². The van der Waals surface area contributed by atoms with Gasteiger partial charge in [0.25, 0.3) is 5.91 Å². The van der Waals surface area contributed by atoms with Gasteiger partial charge < -0.3 is 9.80 Å². The molecule has 1 fully saturated rings. The Morgan fingerprint density at radius 1 is 1.23 bits per heavy atom. The fourth-order valence-electron chi connectivity index (χ4n) is 4.88. The number of likely N-dealkylation sites (N-methyl/N-ethyl adjacent to an activating group) is 1. The molecule has 1 heterocycles. The molecule has 0 radical (unpaired) electrons. The van der Waals surface area contributed by atoms with E-state index in [0.29, 0.717) is 17.4 Å². The number of carbonyl (C=O) groups excluding carboxylic acids is 1. The predicted octanol–water partition coefficient (Wildman–Crippen LogP) is 5.05. The van der Waals surface area contributed by atoms with Crippen LogP contribution in [0.15, 0.2) is 42.5 Å². The number of carbonyl (C=O) groups is 1. The summed E-state index contributed by atoms with van der Waals surface area (Å²) < 4.78 is 40.3. The molecule has 1 aliphatic heterocycles. The highest BCUT2D eigenvalue weighted by Gasteiger charge is 2.48. The molecule has 4 rings (SSSR count). The molecule has 0 bridgehead atoms. The first kappa shape index (κ1) is 21.1. The molecule has 0 saturated heterocycles. The molecule has 1 saturated carbocycles. The quantitative estimate of drug-likeness (QED) is 0.528. The number of hydrogen-bond donors (Lipinski definition) is 2. The summed E-state index contributed by atoms with van der Waals surface area (Å²) in [5, 5.41) is 16.1. The predicted molar refractivity (Wildman–Crippen MR) is 113 cm³/mol. The van der Waals surface area contributed by atoms with Crippen LogP contribution < -0.4 is 4.90 Å². The van der Waals surface area contributed by atoms with Crippen molar-refractivity contribution in [2.45, 2.75) is 37.9 Å². The lowest BCUT2D eigenvalue weighted by Crippen LogP contribution is -2.52. The number of anilines is 1. The molecule has 31 heavy (non-hydrogen) atoms. The average molecular weight is 428 g/mol. The van der Waals surface area contributed by atoms with Crippen molar-refractivity contribution >= 4 is 23.8 Å². The van der Waals surface area contributed by atoms with E-state index in [2.05, 4.69) is 6.92 Å². The SMILES string of the molecule is CC1CC(C(=N)N(C)C=N)(c2cccc(N3Cc4c(cccc4C(F)(F)F)C3=O)c2)C1. The van der Waals surface area contributed by atoms with E-state index >= 15 is 0 Å². The Hall–Kier alpha value is -3.16. The molecule has 0 unspecified atom stereocenters. The van der Waals surface area contributed by atoms with Crippen molar-refractivity contribution in [1.29, 1.82) is 10.8 Å². The van der Waals surface area contributed by atoms with Gasteiger partial charge >= 0.3 is 6.18 Å². The van der Waals surface area contributed by atoms with Crippen LogP contribution in [0.3, 0.4) is 0 Å². The van der Waals surface area contributed by atoms with Crippen molar-refractivity contribution < 1.29 is 18.0 Å². The number of nitrogens with one attached hydrogen (secondary N) is 2. The molecular weight excluding hydrogens is 405 g/mol. The highest BCUT2D eigenvalue weighted by atomic mass is 19.4. The van der Waals surface area contributed by atoms with Crippen molar-refractivity contribution in [3.63, 3.8) is 0 Å². The van der Waals surface area contributed by atoms with Gasteiger partial charge in [-0.1, -0.05) is 25.1 Å². The minimum atomic E-state index is -4.53. The lowest BCUT2D eigenvalue weighted by atomic mass is 9.58. The number of halogens is 3. The minimum absolute atomic E-state index is 0.00587. The third kappa shape index (κ3) is 3.30.